The summed E-state index contributed by atoms with van der Waals surface area (Å²) in [6, 6.07) is 0. The maximum Gasteiger partial charge on any atom is 0.146 e. The van der Waals surface area contributed by atoms with E-state index in [1.165, 1.54) is 0 Å². The van der Waals surface area contributed by atoms with Gasteiger partial charge in [0.15, 0.2) is 0 Å². The van der Waals surface area contributed by atoms with Gasteiger partial charge in [-0.15, -0.1) is 0 Å². The van der Waals surface area contributed by atoms with Crippen molar-refractivity contribution < 1.29 is 0 Å². The molecule has 0 atom stereocenters. The van der Waals surface area contributed by atoms with E-state index in [9.17, 15) is 0 Å². The molecule has 0 fully saturated rings. The molecule has 4 nitrogen and oxygen atoms in total. The molecule has 1 rings (SSSR count). The summed E-state index contributed by atoms with van der Waals surface area (Å²) in [7, 11) is 0. The minimum atomic E-state index is 0.823. The van der Waals surface area contributed by atoms with E-state index in [1.807, 2.05) is 6.92 Å². The molecule has 0 saturated heterocycles. The normalized spacial score (nSPS) is 9.69. The number of anilines is 2. The number of hydrogen-bond donors (Lipinski definition) is 2. The Kier molecular flexibility index (Phi) is 4.02. The third-order valence-electron chi connectivity index (χ3n) is 1.55. The fourth-order valence-corrected chi connectivity index (χ4v) is 0.971. The quantitative estimate of drug-likeness (QED) is 0.724. The smallest absolute Gasteiger partial charge is 0.146 e. The molecule has 4 heteroatoms. The van der Waals surface area contributed by atoms with Crippen molar-refractivity contribution >= 4 is 11.6 Å². The van der Waals surface area contributed by atoms with Gasteiger partial charge in [0.1, 0.15) is 11.6 Å². The van der Waals surface area contributed by atoms with Crippen LogP contribution in [0.1, 0.15) is 20.3 Å². The second-order valence-electron chi connectivity index (χ2n) is 2.75. The molecule has 1 heterocycles. The maximum absolute atomic E-state index is 4.32. The summed E-state index contributed by atoms with van der Waals surface area (Å²) in [5.41, 5.74) is 0. The van der Waals surface area contributed by atoms with Crippen molar-refractivity contribution in [2.75, 3.05) is 23.7 Å². The van der Waals surface area contributed by atoms with E-state index in [2.05, 4.69) is 27.5 Å². The molecule has 1 aromatic heterocycles. The lowest BCUT2D eigenvalue weighted by molar-refractivity contribution is 0.963. The highest BCUT2D eigenvalue weighted by Gasteiger charge is 1.95. The Bertz CT molecular complexity index is 249. The van der Waals surface area contributed by atoms with E-state index in [1.54, 1.807) is 12.4 Å². The van der Waals surface area contributed by atoms with E-state index in [-0.39, 0.29) is 0 Å². The van der Waals surface area contributed by atoms with Crippen LogP contribution in [-0.2, 0) is 0 Å². The highest BCUT2D eigenvalue weighted by molar-refractivity contribution is 5.41. The van der Waals surface area contributed by atoms with E-state index in [0.717, 1.165) is 31.1 Å². The van der Waals surface area contributed by atoms with Crippen LogP contribution in [0, 0.1) is 0 Å². The zero-order valence-electron chi connectivity index (χ0n) is 8.17. The summed E-state index contributed by atoms with van der Waals surface area (Å²) in [6.45, 7) is 5.96. The molecule has 0 aromatic carbocycles. The van der Waals surface area contributed by atoms with Crippen LogP contribution in [0.3, 0.4) is 0 Å². The maximum atomic E-state index is 4.32. The molecule has 0 saturated carbocycles. The topological polar surface area (TPSA) is 49.8 Å². The largest absolute Gasteiger partial charge is 0.369 e. The van der Waals surface area contributed by atoms with Gasteiger partial charge in [0.25, 0.3) is 0 Å². The summed E-state index contributed by atoms with van der Waals surface area (Å²) in [4.78, 5) is 8.38. The van der Waals surface area contributed by atoms with E-state index in [0.29, 0.717) is 0 Å². The van der Waals surface area contributed by atoms with Crippen molar-refractivity contribution in [3.05, 3.63) is 12.4 Å². The lowest BCUT2D eigenvalue weighted by atomic mass is 10.5. The van der Waals surface area contributed by atoms with Crippen LogP contribution in [0.2, 0.25) is 0 Å². The Morgan fingerprint density at radius 1 is 1.15 bits per heavy atom. The van der Waals surface area contributed by atoms with Crippen LogP contribution in [0.15, 0.2) is 12.4 Å². The summed E-state index contributed by atoms with van der Waals surface area (Å²) >= 11 is 0. The Morgan fingerprint density at radius 2 is 1.85 bits per heavy atom. The third-order valence-corrected chi connectivity index (χ3v) is 1.55. The molecule has 2 N–H and O–H groups in total. The molecule has 0 bridgehead atoms. The summed E-state index contributed by atoms with van der Waals surface area (Å²) < 4.78 is 0. The van der Waals surface area contributed by atoms with E-state index in [4.69, 9.17) is 0 Å². The number of nitrogens with zero attached hydrogens (tertiary/aromatic N) is 2. The van der Waals surface area contributed by atoms with Gasteiger partial charge in [0, 0.05) is 13.1 Å². The van der Waals surface area contributed by atoms with Gasteiger partial charge in [-0.25, -0.2) is 4.98 Å². The first-order chi connectivity index (χ1) is 6.36. The van der Waals surface area contributed by atoms with Gasteiger partial charge in [-0.1, -0.05) is 6.92 Å². The fraction of sp³-hybridized carbons (Fsp3) is 0.556. The molecule has 0 aliphatic carbocycles. The molecular formula is C9H16N4. The van der Waals surface area contributed by atoms with Crippen LogP contribution in [0.4, 0.5) is 11.6 Å². The number of rotatable bonds is 5. The van der Waals surface area contributed by atoms with E-state index < -0.39 is 0 Å². The fourth-order valence-electron chi connectivity index (χ4n) is 0.971. The predicted molar refractivity (Wildman–Crippen MR) is 55.0 cm³/mol. The van der Waals surface area contributed by atoms with Crippen molar-refractivity contribution in [2.45, 2.75) is 20.3 Å². The molecule has 13 heavy (non-hydrogen) atoms. The average Bonchev–Trinajstić information content (AvgIpc) is 2.16. The second kappa shape index (κ2) is 5.35. The molecule has 0 aliphatic heterocycles. The molecule has 0 radical (unpaired) electrons. The Morgan fingerprint density at radius 3 is 2.46 bits per heavy atom. The molecule has 0 amide bonds. The molecule has 0 spiro atoms. The number of hydrogen-bond acceptors (Lipinski definition) is 4. The van der Waals surface area contributed by atoms with Gasteiger partial charge in [-0.05, 0) is 13.3 Å². The van der Waals surface area contributed by atoms with Gasteiger partial charge < -0.3 is 10.6 Å². The van der Waals surface area contributed by atoms with Crippen molar-refractivity contribution in [1.82, 2.24) is 9.97 Å². The van der Waals surface area contributed by atoms with Crippen LogP contribution in [0.25, 0.3) is 0 Å². The first kappa shape index (κ1) is 9.77. The molecule has 72 valence electrons. The van der Waals surface area contributed by atoms with Crippen LogP contribution >= 0.6 is 0 Å². The van der Waals surface area contributed by atoms with Crippen LogP contribution in [0.5, 0.6) is 0 Å². The average molecular weight is 180 g/mol. The second-order valence-corrected chi connectivity index (χ2v) is 2.75. The van der Waals surface area contributed by atoms with Gasteiger partial charge >= 0.3 is 0 Å². The van der Waals surface area contributed by atoms with Crippen LogP contribution in [-0.4, -0.2) is 23.1 Å². The lowest BCUT2D eigenvalue weighted by Gasteiger charge is -2.05. The molecular weight excluding hydrogens is 164 g/mol. The zero-order chi connectivity index (χ0) is 9.52. The first-order valence-corrected chi connectivity index (χ1v) is 4.66. The minimum Gasteiger partial charge on any atom is -0.369 e. The van der Waals surface area contributed by atoms with Gasteiger partial charge in [-0.3, -0.25) is 4.98 Å². The Hall–Kier alpha value is -1.32. The molecule has 0 unspecified atom stereocenters. The van der Waals surface area contributed by atoms with E-state index >= 15 is 0 Å². The highest BCUT2D eigenvalue weighted by atomic mass is 15.1. The Balaban J connectivity index is 2.56. The summed E-state index contributed by atoms with van der Waals surface area (Å²) in [5, 5.41) is 6.29. The standard InChI is InChI=1S/C9H16N4/c1-3-5-12-9-7-10-6-8(13-9)11-4-2/h6-7H,3-5H2,1-2H3,(H2,11,12,13). The van der Waals surface area contributed by atoms with Crippen LogP contribution < -0.4 is 10.6 Å². The molecule has 1 aromatic rings. The summed E-state index contributed by atoms with van der Waals surface area (Å²) in [5.74, 6) is 1.66. The number of nitrogens with one attached hydrogen (secondary N) is 2. The van der Waals surface area contributed by atoms with Crippen molar-refractivity contribution in [1.29, 1.82) is 0 Å². The van der Waals surface area contributed by atoms with Gasteiger partial charge in [-0.2, -0.15) is 0 Å². The monoisotopic (exact) mass is 180 g/mol. The predicted octanol–water partition coefficient (Wildman–Crippen LogP) is 1.73. The van der Waals surface area contributed by atoms with Crippen molar-refractivity contribution in [2.24, 2.45) is 0 Å². The third kappa shape index (κ3) is 3.27. The highest BCUT2D eigenvalue weighted by Crippen LogP contribution is 2.05. The molecule has 0 aliphatic rings. The lowest BCUT2D eigenvalue weighted by Crippen LogP contribution is -2.05. The summed E-state index contributed by atoms with van der Waals surface area (Å²) in [6.07, 6.45) is 4.55. The zero-order valence-corrected chi connectivity index (χ0v) is 8.17. The van der Waals surface area contributed by atoms with Gasteiger partial charge in [0.05, 0.1) is 12.4 Å². The minimum absolute atomic E-state index is 0.823. The van der Waals surface area contributed by atoms with Gasteiger partial charge in [0.2, 0.25) is 0 Å². The van der Waals surface area contributed by atoms with Crippen molar-refractivity contribution in [3.63, 3.8) is 0 Å². The van der Waals surface area contributed by atoms with Crippen molar-refractivity contribution in [3.8, 4) is 0 Å². The Labute approximate surface area is 78.8 Å². The SMILES string of the molecule is CCCNc1cncc(NCC)n1. The first-order valence-electron chi connectivity index (χ1n) is 4.66. The number of aromatic nitrogens is 2.